The molecule has 1 heterocycles. The van der Waals surface area contributed by atoms with Gasteiger partial charge in [-0.1, -0.05) is 0 Å². The smallest absolute Gasteiger partial charge is 0.396 e. The molecule has 16 heavy (non-hydrogen) atoms. The standard InChI is InChI=1S/C5H6N2O3S.C2H6OS.K/c1-2-9-4(8)3-6-7-5(11)10-3;1-4(2)3;/h2H2,1H3,(H,7,11);1-2H3;. The molecule has 0 spiro atoms. The van der Waals surface area contributed by atoms with Gasteiger partial charge in [-0.3, -0.25) is 4.21 Å². The van der Waals surface area contributed by atoms with E-state index in [1.807, 2.05) is 0 Å². The maximum absolute atomic E-state index is 10.8. The SMILES string of the molecule is CCOC(=O)c1n[nH]c(=S)o1.CS(C)=O.[K]. The van der Waals surface area contributed by atoms with Crippen molar-refractivity contribution in [3.63, 3.8) is 0 Å². The number of H-pyrrole nitrogens is 1. The normalized spacial score (nSPS) is 8.75. The third-order valence-electron chi connectivity index (χ3n) is 0.888. The molecule has 9 heteroatoms. The number of nitrogens with one attached hydrogen (secondary N) is 1. The van der Waals surface area contributed by atoms with Crippen LogP contribution in [0.3, 0.4) is 0 Å². The average Bonchev–Trinajstić information content (AvgIpc) is 2.51. The van der Waals surface area contributed by atoms with Gasteiger partial charge in [-0.2, -0.15) is 0 Å². The second kappa shape index (κ2) is 10.8. The summed E-state index contributed by atoms with van der Waals surface area (Å²) >= 11 is 4.54. The van der Waals surface area contributed by atoms with Crippen LogP contribution in [-0.2, 0) is 15.5 Å². The van der Waals surface area contributed by atoms with Crippen LogP contribution in [0.1, 0.15) is 17.6 Å². The molecule has 1 rings (SSSR count). The molecular weight excluding hydrogens is 279 g/mol. The number of hydrogen-bond donors (Lipinski definition) is 1. The molecule has 0 aliphatic rings. The molecule has 1 N–H and O–H groups in total. The summed E-state index contributed by atoms with van der Waals surface area (Å²) < 4.78 is 18.8. The van der Waals surface area contributed by atoms with Gasteiger partial charge in [0.1, 0.15) is 0 Å². The van der Waals surface area contributed by atoms with Crippen LogP contribution in [0.5, 0.6) is 0 Å². The van der Waals surface area contributed by atoms with Gasteiger partial charge >= 0.3 is 11.9 Å². The minimum absolute atomic E-state index is 0. The summed E-state index contributed by atoms with van der Waals surface area (Å²) in [5.41, 5.74) is 0. The number of aromatic nitrogens is 2. The van der Waals surface area contributed by atoms with Crippen molar-refractivity contribution in [3.05, 3.63) is 10.7 Å². The maximum atomic E-state index is 10.8. The van der Waals surface area contributed by atoms with Crippen molar-refractivity contribution >= 4 is 80.4 Å². The van der Waals surface area contributed by atoms with E-state index in [1.54, 1.807) is 19.4 Å². The van der Waals surface area contributed by atoms with E-state index >= 15 is 0 Å². The van der Waals surface area contributed by atoms with Crippen molar-refractivity contribution in [2.24, 2.45) is 0 Å². The van der Waals surface area contributed by atoms with Crippen LogP contribution in [0, 0.1) is 4.84 Å². The Kier molecular flexibility index (Phi) is 12.7. The molecule has 0 aromatic carbocycles. The van der Waals surface area contributed by atoms with E-state index in [9.17, 15) is 9.00 Å². The van der Waals surface area contributed by atoms with Crippen molar-refractivity contribution in [2.75, 3.05) is 19.1 Å². The van der Waals surface area contributed by atoms with Crippen molar-refractivity contribution in [3.8, 4) is 0 Å². The van der Waals surface area contributed by atoms with Gasteiger partial charge in [-0.05, 0) is 19.1 Å². The van der Waals surface area contributed by atoms with Crippen molar-refractivity contribution in [1.82, 2.24) is 10.2 Å². The van der Waals surface area contributed by atoms with Crippen LogP contribution in [0.4, 0.5) is 0 Å². The number of ether oxygens (including phenoxy) is 1. The number of carbonyl (C=O) groups excluding carboxylic acids is 1. The van der Waals surface area contributed by atoms with Crippen LogP contribution < -0.4 is 0 Å². The Morgan fingerprint density at radius 2 is 2.12 bits per heavy atom. The topological polar surface area (TPSA) is 85.2 Å². The van der Waals surface area contributed by atoms with E-state index < -0.39 is 16.8 Å². The summed E-state index contributed by atoms with van der Waals surface area (Å²) in [7, 11) is -0.611. The number of hydrogen-bond acceptors (Lipinski definition) is 6. The molecule has 87 valence electrons. The molecule has 0 saturated carbocycles. The number of rotatable bonds is 2. The first-order valence-electron chi connectivity index (χ1n) is 3.95. The van der Waals surface area contributed by atoms with Crippen molar-refractivity contribution in [1.29, 1.82) is 0 Å². The molecule has 1 aromatic heterocycles. The number of nitrogens with zero attached hydrogens (tertiary/aromatic N) is 1. The van der Waals surface area contributed by atoms with Gasteiger partial charge in [0.15, 0.2) is 0 Å². The van der Waals surface area contributed by atoms with Gasteiger partial charge in [0.2, 0.25) is 0 Å². The molecule has 0 aliphatic heterocycles. The first-order valence-corrected chi connectivity index (χ1v) is 6.32. The first kappa shape index (κ1) is 19.0. The summed E-state index contributed by atoms with van der Waals surface area (Å²) in [6, 6.07) is 0. The number of carbonyl (C=O) groups is 1. The molecule has 6 nitrogen and oxygen atoms in total. The van der Waals surface area contributed by atoms with E-state index in [1.165, 1.54) is 0 Å². The summed E-state index contributed by atoms with van der Waals surface area (Å²) in [5, 5.41) is 5.77. The Morgan fingerprint density at radius 3 is 2.44 bits per heavy atom. The zero-order valence-electron chi connectivity index (χ0n) is 9.60. The monoisotopic (exact) mass is 291 g/mol. The van der Waals surface area contributed by atoms with Crippen LogP contribution in [0.25, 0.3) is 0 Å². The Bertz CT molecular complexity index is 386. The molecule has 1 radical (unpaired) electrons. The molecule has 0 atom stereocenters. The van der Waals surface area contributed by atoms with E-state index in [0.717, 1.165) is 0 Å². The number of esters is 1. The van der Waals surface area contributed by atoms with E-state index in [2.05, 4.69) is 31.6 Å². The van der Waals surface area contributed by atoms with Crippen LogP contribution in [0.15, 0.2) is 4.42 Å². The fourth-order valence-electron chi connectivity index (χ4n) is 0.510. The fraction of sp³-hybridized carbons (Fsp3) is 0.571. The predicted octanol–water partition coefficient (Wildman–Crippen LogP) is 0.523. The van der Waals surface area contributed by atoms with Gasteiger partial charge in [0.05, 0.1) is 6.61 Å². The molecule has 0 bridgehead atoms. The van der Waals surface area contributed by atoms with E-state index in [0.29, 0.717) is 0 Å². The molecular formula is C7H12KN2O4S2. The maximum Gasteiger partial charge on any atom is 0.396 e. The number of aromatic amines is 1. The molecule has 0 amide bonds. The predicted molar refractivity (Wildman–Crippen MR) is 63.4 cm³/mol. The third-order valence-corrected chi connectivity index (χ3v) is 1.06. The Morgan fingerprint density at radius 1 is 1.62 bits per heavy atom. The fourth-order valence-corrected chi connectivity index (χ4v) is 0.635. The summed E-state index contributed by atoms with van der Waals surface area (Å²) in [5.74, 6) is -0.753. The molecule has 0 saturated heterocycles. The molecule has 1 aromatic rings. The van der Waals surface area contributed by atoms with E-state index in [-0.39, 0.29) is 68.7 Å². The summed E-state index contributed by atoms with van der Waals surface area (Å²) in [6.07, 6.45) is 3.28. The second-order valence-electron chi connectivity index (χ2n) is 2.38. The van der Waals surface area contributed by atoms with Gasteiger partial charge in [0.25, 0.3) is 4.84 Å². The quantitative estimate of drug-likeness (QED) is 0.486. The molecule has 0 unspecified atom stereocenters. The third kappa shape index (κ3) is 9.81. The van der Waals surface area contributed by atoms with Crippen LogP contribution in [-0.4, -0.2) is 90.9 Å². The average molecular weight is 291 g/mol. The van der Waals surface area contributed by atoms with Crippen LogP contribution in [0.2, 0.25) is 0 Å². The summed E-state index contributed by atoms with van der Waals surface area (Å²) in [4.78, 5) is 10.9. The van der Waals surface area contributed by atoms with Crippen molar-refractivity contribution < 1.29 is 18.2 Å². The van der Waals surface area contributed by atoms with Gasteiger partial charge in [0, 0.05) is 74.7 Å². The minimum atomic E-state index is -0.611. The minimum Gasteiger partial charge on any atom is -0.459 e. The van der Waals surface area contributed by atoms with Gasteiger partial charge in [-0.25, -0.2) is 9.89 Å². The Balaban J connectivity index is 0. The van der Waals surface area contributed by atoms with Crippen molar-refractivity contribution in [2.45, 2.75) is 6.92 Å². The zero-order chi connectivity index (χ0) is 11.8. The molecule has 0 aliphatic carbocycles. The van der Waals surface area contributed by atoms with E-state index in [4.69, 9.17) is 0 Å². The summed E-state index contributed by atoms with van der Waals surface area (Å²) in [6.45, 7) is 1.98. The largest absolute Gasteiger partial charge is 0.459 e. The van der Waals surface area contributed by atoms with Gasteiger partial charge < -0.3 is 9.15 Å². The van der Waals surface area contributed by atoms with Gasteiger partial charge in [-0.15, -0.1) is 5.10 Å². The Hall–Kier alpha value is 0.616. The molecule has 0 fully saturated rings. The second-order valence-corrected chi connectivity index (χ2v) is 4.23. The first-order chi connectivity index (χ1) is 6.97. The Labute approximate surface area is 143 Å². The zero-order valence-corrected chi connectivity index (χ0v) is 14.4. The van der Waals surface area contributed by atoms with Crippen LogP contribution >= 0.6 is 12.2 Å².